The number of hydrogen-bond donors (Lipinski definition) is 3. The lowest BCUT2D eigenvalue weighted by molar-refractivity contribution is -0.124. The lowest BCUT2D eigenvalue weighted by Crippen LogP contribution is -2.36. The van der Waals surface area contributed by atoms with Crippen LogP contribution < -0.4 is 10.1 Å². The predicted octanol–water partition coefficient (Wildman–Crippen LogP) is 3.41. The lowest BCUT2D eigenvalue weighted by atomic mass is 10.0. The van der Waals surface area contributed by atoms with Gasteiger partial charge in [-0.2, -0.15) is 4.98 Å². The Hall–Kier alpha value is -3.30. The molecule has 3 rings (SSSR count). The topological polar surface area (TPSA) is 131 Å². The molecule has 2 heterocycles. The van der Waals surface area contributed by atoms with Crippen molar-refractivity contribution in [3.63, 3.8) is 0 Å². The second kappa shape index (κ2) is 12.6. The van der Waals surface area contributed by atoms with Gasteiger partial charge in [0.25, 0.3) is 5.89 Å². The van der Waals surface area contributed by atoms with Gasteiger partial charge in [0.05, 0.1) is 0 Å². The van der Waals surface area contributed by atoms with Gasteiger partial charge < -0.3 is 24.8 Å². The molecular formula is C27H36N4O5. The molecule has 0 saturated carbocycles. The molecule has 0 radical (unpaired) electrons. The van der Waals surface area contributed by atoms with Crippen molar-refractivity contribution in [1.29, 1.82) is 0 Å². The van der Waals surface area contributed by atoms with E-state index < -0.39 is 18.6 Å². The van der Waals surface area contributed by atoms with E-state index in [1.54, 1.807) is 0 Å². The van der Waals surface area contributed by atoms with Crippen molar-refractivity contribution in [3.8, 4) is 28.6 Å². The molecule has 1 unspecified atom stereocenters. The Bertz CT molecular complexity index is 1170. The minimum absolute atomic E-state index is 0.00135. The van der Waals surface area contributed by atoms with Gasteiger partial charge in [0, 0.05) is 29.1 Å². The van der Waals surface area contributed by atoms with E-state index in [0.29, 0.717) is 23.4 Å². The molecule has 0 aliphatic carbocycles. The van der Waals surface area contributed by atoms with Crippen LogP contribution in [0.4, 0.5) is 0 Å². The van der Waals surface area contributed by atoms with Gasteiger partial charge in [0.1, 0.15) is 25.1 Å². The van der Waals surface area contributed by atoms with Gasteiger partial charge in [-0.15, -0.1) is 0 Å². The molecule has 1 amide bonds. The highest BCUT2D eigenvalue weighted by Gasteiger charge is 2.17. The summed E-state index contributed by atoms with van der Waals surface area (Å²) in [7, 11) is 0. The van der Waals surface area contributed by atoms with Crippen molar-refractivity contribution in [2.45, 2.75) is 60.0 Å². The number of carbonyl (C=O) groups excluding carboxylic acids is 1. The molecule has 0 saturated heterocycles. The van der Waals surface area contributed by atoms with Gasteiger partial charge in [-0.1, -0.05) is 32.3 Å². The summed E-state index contributed by atoms with van der Waals surface area (Å²) in [6.45, 7) is 9.69. The van der Waals surface area contributed by atoms with Crippen LogP contribution in [-0.2, 0) is 17.6 Å². The Morgan fingerprint density at radius 2 is 1.92 bits per heavy atom. The molecule has 0 spiro atoms. The Morgan fingerprint density at radius 1 is 1.14 bits per heavy atom. The molecule has 9 heteroatoms. The van der Waals surface area contributed by atoms with E-state index in [-0.39, 0.29) is 13.2 Å². The summed E-state index contributed by atoms with van der Waals surface area (Å²) in [6.07, 6.45) is 1.65. The predicted molar refractivity (Wildman–Crippen MR) is 137 cm³/mol. The normalized spacial score (nSPS) is 12.1. The molecule has 0 aliphatic heterocycles. The van der Waals surface area contributed by atoms with Crippen LogP contribution in [0.3, 0.4) is 0 Å². The molecule has 3 aromatic rings. The van der Waals surface area contributed by atoms with Crippen LogP contribution in [0.25, 0.3) is 22.8 Å². The zero-order valence-corrected chi connectivity index (χ0v) is 21.7. The van der Waals surface area contributed by atoms with Gasteiger partial charge in [0.2, 0.25) is 11.7 Å². The zero-order valence-electron chi connectivity index (χ0n) is 21.7. The summed E-state index contributed by atoms with van der Waals surface area (Å²) < 4.78 is 11.6. The third-order valence-electron chi connectivity index (χ3n) is 5.52. The molecule has 1 atom stereocenters. The van der Waals surface area contributed by atoms with E-state index >= 15 is 0 Å². The lowest BCUT2D eigenvalue weighted by Gasteiger charge is -2.18. The standard InChI is InChI=1S/C27H36N4O5/c1-6-7-19-11-20(9-17(4)25(19)35-15-23(33)13-28-24(34)14-32)26-30-27(36-31-26)21-10-18(5)29-22(12-21)8-16(2)3/h9-12,16,23,32-33H,6-8,13-15H2,1-5H3,(H,28,34). The first-order valence-electron chi connectivity index (χ1n) is 12.3. The summed E-state index contributed by atoms with van der Waals surface area (Å²) in [4.78, 5) is 20.5. The highest BCUT2D eigenvalue weighted by atomic mass is 16.5. The van der Waals surface area contributed by atoms with Crippen LogP contribution >= 0.6 is 0 Å². The number of nitrogens with one attached hydrogen (secondary N) is 1. The molecule has 36 heavy (non-hydrogen) atoms. The van der Waals surface area contributed by atoms with Gasteiger partial charge in [-0.3, -0.25) is 9.78 Å². The van der Waals surface area contributed by atoms with Crippen LogP contribution in [0.15, 0.2) is 28.8 Å². The van der Waals surface area contributed by atoms with E-state index in [0.717, 1.165) is 52.9 Å². The van der Waals surface area contributed by atoms with Crippen LogP contribution in [0.2, 0.25) is 0 Å². The molecule has 0 fully saturated rings. The second-order valence-electron chi connectivity index (χ2n) is 9.47. The SMILES string of the molecule is CCCc1cc(-c2noc(-c3cc(C)nc(CC(C)C)c3)n2)cc(C)c1OCC(O)CNC(=O)CO. The molecular weight excluding hydrogens is 460 g/mol. The van der Waals surface area contributed by atoms with E-state index in [1.165, 1.54) is 0 Å². The van der Waals surface area contributed by atoms with Crippen molar-refractivity contribution in [2.75, 3.05) is 19.8 Å². The molecule has 0 aliphatic rings. The molecule has 9 nitrogen and oxygen atoms in total. The maximum atomic E-state index is 11.2. The Morgan fingerprint density at radius 3 is 2.61 bits per heavy atom. The average Bonchev–Trinajstić information content (AvgIpc) is 3.31. The Kier molecular flexibility index (Phi) is 9.55. The maximum Gasteiger partial charge on any atom is 0.258 e. The van der Waals surface area contributed by atoms with Gasteiger partial charge in [-0.05, 0) is 68.0 Å². The fourth-order valence-corrected chi connectivity index (χ4v) is 4.01. The fourth-order valence-electron chi connectivity index (χ4n) is 4.01. The Balaban J connectivity index is 1.82. The number of pyridine rings is 1. The highest BCUT2D eigenvalue weighted by molar-refractivity contribution is 5.76. The number of aromatic nitrogens is 3. The monoisotopic (exact) mass is 496 g/mol. The number of benzene rings is 1. The number of amides is 1. The summed E-state index contributed by atoms with van der Waals surface area (Å²) >= 11 is 0. The van der Waals surface area contributed by atoms with Crippen molar-refractivity contribution < 1.29 is 24.3 Å². The molecule has 3 N–H and O–H groups in total. The maximum absolute atomic E-state index is 11.2. The first-order chi connectivity index (χ1) is 17.2. The number of rotatable bonds is 12. The largest absolute Gasteiger partial charge is 0.490 e. The first-order valence-corrected chi connectivity index (χ1v) is 12.3. The van der Waals surface area contributed by atoms with Gasteiger partial charge >= 0.3 is 0 Å². The van der Waals surface area contributed by atoms with Crippen LogP contribution in [0.5, 0.6) is 5.75 Å². The first kappa shape index (κ1) is 27.3. The minimum atomic E-state index is -0.904. The number of ether oxygens (including phenoxy) is 1. The Labute approximate surface area is 211 Å². The average molecular weight is 497 g/mol. The molecule has 2 aromatic heterocycles. The second-order valence-corrected chi connectivity index (χ2v) is 9.47. The summed E-state index contributed by atoms with van der Waals surface area (Å²) in [5, 5.41) is 25.6. The number of hydrogen-bond acceptors (Lipinski definition) is 8. The third kappa shape index (κ3) is 7.35. The van der Waals surface area contributed by atoms with Crippen molar-refractivity contribution in [3.05, 3.63) is 46.8 Å². The number of aliphatic hydroxyl groups excluding tert-OH is 2. The van der Waals surface area contributed by atoms with Crippen LogP contribution in [0.1, 0.15) is 49.7 Å². The van der Waals surface area contributed by atoms with E-state index in [2.05, 4.69) is 41.2 Å². The highest BCUT2D eigenvalue weighted by Crippen LogP contribution is 2.32. The van der Waals surface area contributed by atoms with E-state index in [4.69, 9.17) is 14.4 Å². The summed E-state index contributed by atoms with van der Waals surface area (Å²) in [5.41, 5.74) is 5.44. The number of aliphatic hydroxyl groups is 2. The summed E-state index contributed by atoms with van der Waals surface area (Å²) in [5.74, 6) is 1.58. The van der Waals surface area contributed by atoms with Crippen molar-refractivity contribution >= 4 is 5.91 Å². The molecule has 0 bridgehead atoms. The van der Waals surface area contributed by atoms with Gasteiger partial charge in [0.15, 0.2) is 0 Å². The number of carbonyl (C=O) groups is 1. The van der Waals surface area contributed by atoms with E-state index in [9.17, 15) is 9.90 Å². The fraction of sp³-hybridized carbons (Fsp3) is 0.481. The number of nitrogens with zero attached hydrogens (tertiary/aromatic N) is 3. The van der Waals surface area contributed by atoms with Gasteiger partial charge in [-0.25, -0.2) is 0 Å². The zero-order chi connectivity index (χ0) is 26.2. The third-order valence-corrected chi connectivity index (χ3v) is 5.52. The smallest absolute Gasteiger partial charge is 0.258 e. The van der Waals surface area contributed by atoms with E-state index in [1.807, 2.05) is 38.1 Å². The van der Waals surface area contributed by atoms with Crippen molar-refractivity contribution in [1.82, 2.24) is 20.4 Å². The quantitative estimate of drug-likeness (QED) is 0.348. The summed E-state index contributed by atoms with van der Waals surface area (Å²) in [6, 6.07) is 7.87. The number of aryl methyl sites for hydroxylation is 3. The molecule has 194 valence electrons. The molecule has 1 aromatic carbocycles. The van der Waals surface area contributed by atoms with Crippen LogP contribution in [-0.4, -0.2) is 57.1 Å². The minimum Gasteiger partial charge on any atom is -0.490 e. The van der Waals surface area contributed by atoms with Crippen LogP contribution in [0, 0.1) is 19.8 Å². The van der Waals surface area contributed by atoms with Crippen molar-refractivity contribution in [2.24, 2.45) is 5.92 Å².